The second-order valence-electron chi connectivity index (χ2n) is 7.80. The highest BCUT2D eigenvalue weighted by molar-refractivity contribution is 7.09. The van der Waals surface area contributed by atoms with Crippen LogP contribution in [0.4, 0.5) is 5.69 Å². The molecule has 0 aliphatic carbocycles. The van der Waals surface area contributed by atoms with Crippen LogP contribution in [0.2, 0.25) is 0 Å². The van der Waals surface area contributed by atoms with Gasteiger partial charge in [0.25, 0.3) is 11.6 Å². The van der Waals surface area contributed by atoms with Gasteiger partial charge >= 0.3 is 0 Å². The van der Waals surface area contributed by atoms with Crippen LogP contribution in [0.1, 0.15) is 20.8 Å². The lowest BCUT2D eigenvalue weighted by molar-refractivity contribution is -0.384. The molecule has 0 radical (unpaired) electrons. The van der Waals surface area contributed by atoms with E-state index >= 15 is 0 Å². The molecule has 9 nitrogen and oxygen atoms in total. The molecule has 0 unspecified atom stereocenters. The molecule has 0 saturated carbocycles. The van der Waals surface area contributed by atoms with Crippen LogP contribution >= 0.6 is 11.3 Å². The van der Waals surface area contributed by atoms with Gasteiger partial charge in [-0.3, -0.25) is 19.7 Å². The number of nitro benzene ring substituents is 1. The second-order valence-corrected chi connectivity index (χ2v) is 8.83. The maximum atomic E-state index is 13.4. The molecule has 2 amide bonds. The van der Waals surface area contributed by atoms with Crippen LogP contribution in [0, 0.1) is 10.1 Å². The number of thiophene rings is 1. The van der Waals surface area contributed by atoms with Gasteiger partial charge in [0.2, 0.25) is 12.7 Å². The first-order valence-corrected chi connectivity index (χ1v) is 11.7. The summed E-state index contributed by atoms with van der Waals surface area (Å²) in [5.41, 5.74) is 1.01. The zero-order valence-corrected chi connectivity index (χ0v) is 19.6. The molecular formula is C25H23N3O6S. The minimum Gasteiger partial charge on any atom is -0.454 e. The van der Waals surface area contributed by atoms with E-state index in [0.29, 0.717) is 24.6 Å². The van der Waals surface area contributed by atoms with Gasteiger partial charge in [-0.2, -0.15) is 0 Å². The van der Waals surface area contributed by atoms with Crippen molar-refractivity contribution in [2.45, 2.75) is 13.1 Å². The average molecular weight is 494 g/mol. The number of carbonyl (C=O) groups excluding carboxylic acids is 2. The van der Waals surface area contributed by atoms with Crippen LogP contribution in [0.25, 0.3) is 0 Å². The lowest BCUT2D eigenvalue weighted by atomic mass is 10.1. The molecule has 0 spiro atoms. The van der Waals surface area contributed by atoms with Crippen LogP contribution < -0.4 is 9.47 Å². The predicted molar refractivity (Wildman–Crippen MR) is 130 cm³/mol. The molecule has 0 bridgehead atoms. The maximum Gasteiger partial charge on any atom is 0.269 e. The van der Waals surface area contributed by atoms with E-state index in [1.807, 2.05) is 35.7 Å². The first-order chi connectivity index (χ1) is 16.9. The SMILES string of the molecule is C=CCN(CC(=O)N(Cc1ccc2c(c1)OCO2)Cc1cccs1)C(=O)c1ccc([N+](=O)[O-])cc1. The minimum atomic E-state index is -0.530. The Morgan fingerprint density at radius 1 is 1.06 bits per heavy atom. The maximum absolute atomic E-state index is 13.4. The molecule has 0 N–H and O–H groups in total. The summed E-state index contributed by atoms with van der Waals surface area (Å²) in [6, 6.07) is 14.7. The molecule has 1 aliphatic rings. The van der Waals surface area contributed by atoms with Crippen LogP contribution in [0.15, 0.2) is 72.6 Å². The number of hydrogen-bond acceptors (Lipinski definition) is 7. The van der Waals surface area contributed by atoms with Gasteiger partial charge in [-0.15, -0.1) is 17.9 Å². The van der Waals surface area contributed by atoms with E-state index in [2.05, 4.69) is 6.58 Å². The molecule has 10 heteroatoms. The summed E-state index contributed by atoms with van der Waals surface area (Å²) in [5.74, 6) is 0.642. The number of non-ortho nitro benzene ring substituents is 1. The van der Waals surface area contributed by atoms with E-state index in [1.54, 1.807) is 16.2 Å². The molecule has 35 heavy (non-hydrogen) atoms. The number of carbonyl (C=O) groups is 2. The summed E-state index contributed by atoms with van der Waals surface area (Å²) in [4.78, 5) is 41.0. The van der Waals surface area contributed by atoms with Crippen molar-refractivity contribution in [1.82, 2.24) is 9.80 Å². The number of benzene rings is 2. The van der Waals surface area contributed by atoms with E-state index in [1.165, 1.54) is 35.2 Å². The third-order valence-electron chi connectivity index (χ3n) is 5.38. The van der Waals surface area contributed by atoms with Crippen LogP contribution in [-0.4, -0.2) is 46.4 Å². The first-order valence-electron chi connectivity index (χ1n) is 10.8. The number of hydrogen-bond donors (Lipinski definition) is 0. The molecule has 3 aromatic rings. The Labute approximate surface area is 205 Å². The molecular weight excluding hydrogens is 470 g/mol. The van der Waals surface area contributed by atoms with E-state index in [0.717, 1.165) is 10.4 Å². The van der Waals surface area contributed by atoms with Gasteiger partial charge in [-0.05, 0) is 41.3 Å². The minimum absolute atomic E-state index is 0.112. The van der Waals surface area contributed by atoms with E-state index in [4.69, 9.17) is 9.47 Å². The number of ether oxygens (including phenoxy) is 2. The molecule has 2 heterocycles. The van der Waals surface area contributed by atoms with Crippen molar-refractivity contribution in [2.24, 2.45) is 0 Å². The number of nitro groups is 1. The molecule has 1 aliphatic heterocycles. The standard InChI is InChI=1S/C25H23N3O6S/c1-2-11-26(25(30)19-6-8-20(9-7-19)28(31)32)16-24(29)27(15-21-4-3-12-35-21)14-18-5-10-22-23(13-18)34-17-33-22/h2-10,12-13H,1,11,14-17H2. The highest BCUT2D eigenvalue weighted by atomic mass is 32.1. The van der Waals surface area contributed by atoms with Crippen molar-refractivity contribution in [3.8, 4) is 11.5 Å². The Balaban J connectivity index is 1.52. The molecule has 180 valence electrons. The number of fused-ring (bicyclic) bond motifs is 1. The summed E-state index contributed by atoms with van der Waals surface area (Å²) >= 11 is 1.54. The molecule has 2 aromatic carbocycles. The smallest absolute Gasteiger partial charge is 0.269 e. The Hall–Kier alpha value is -4.18. The van der Waals surface area contributed by atoms with Gasteiger partial charge in [0.05, 0.1) is 11.5 Å². The van der Waals surface area contributed by atoms with Gasteiger partial charge in [-0.1, -0.05) is 18.2 Å². The lowest BCUT2D eigenvalue weighted by Crippen LogP contribution is -2.42. The van der Waals surface area contributed by atoms with Crippen LogP contribution in [0.3, 0.4) is 0 Å². The summed E-state index contributed by atoms with van der Waals surface area (Å²) in [6.07, 6.45) is 1.54. The Morgan fingerprint density at radius 3 is 2.51 bits per heavy atom. The average Bonchev–Trinajstić information content (AvgIpc) is 3.54. The van der Waals surface area contributed by atoms with E-state index < -0.39 is 10.8 Å². The van der Waals surface area contributed by atoms with Gasteiger partial charge in [0, 0.05) is 35.7 Å². The van der Waals surface area contributed by atoms with Crippen molar-refractivity contribution in [2.75, 3.05) is 19.9 Å². The largest absolute Gasteiger partial charge is 0.454 e. The van der Waals surface area contributed by atoms with E-state index in [-0.39, 0.29) is 37.0 Å². The van der Waals surface area contributed by atoms with Crippen molar-refractivity contribution in [1.29, 1.82) is 0 Å². The van der Waals surface area contributed by atoms with Gasteiger partial charge in [0.15, 0.2) is 11.5 Å². The van der Waals surface area contributed by atoms with Crippen LogP contribution in [0.5, 0.6) is 11.5 Å². The van der Waals surface area contributed by atoms with Crippen molar-refractivity contribution < 1.29 is 24.0 Å². The number of nitrogens with zero attached hydrogens (tertiary/aromatic N) is 3. The topological polar surface area (TPSA) is 102 Å². The monoisotopic (exact) mass is 493 g/mol. The fourth-order valence-corrected chi connectivity index (χ4v) is 4.35. The molecule has 4 rings (SSSR count). The van der Waals surface area contributed by atoms with Crippen LogP contribution in [-0.2, 0) is 17.9 Å². The zero-order valence-electron chi connectivity index (χ0n) is 18.8. The van der Waals surface area contributed by atoms with Crippen molar-refractivity contribution in [3.63, 3.8) is 0 Å². The molecule has 0 fully saturated rings. The second kappa shape index (κ2) is 10.8. The Kier molecular flexibility index (Phi) is 7.41. The molecule has 1 aromatic heterocycles. The third kappa shape index (κ3) is 5.85. The van der Waals surface area contributed by atoms with Gasteiger partial charge < -0.3 is 19.3 Å². The number of rotatable bonds is 10. The Bertz CT molecular complexity index is 1230. The summed E-state index contributed by atoms with van der Waals surface area (Å²) < 4.78 is 10.8. The fourth-order valence-electron chi connectivity index (χ4n) is 3.63. The predicted octanol–water partition coefficient (Wildman–Crippen LogP) is 4.24. The van der Waals surface area contributed by atoms with Gasteiger partial charge in [0.1, 0.15) is 6.54 Å². The molecule has 0 atom stereocenters. The highest BCUT2D eigenvalue weighted by Crippen LogP contribution is 2.33. The number of amides is 2. The molecule has 0 saturated heterocycles. The summed E-state index contributed by atoms with van der Waals surface area (Å²) in [5, 5.41) is 12.9. The lowest BCUT2D eigenvalue weighted by Gasteiger charge is -2.27. The van der Waals surface area contributed by atoms with Gasteiger partial charge in [-0.25, -0.2) is 0 Å². The van der Waals surface area contributed by atoms with E-state index in [9.17, 15) is 19.7 Å². The third-order valence-corrected chi connectivity index (χ3v) is 6.24. The quantitative estimate of drug-likeness (QED) is 0.238. The van der Waals surface area contributed by atoms with Crippen molar-refractivity contribution >= 4 is 28.8 Å². The fraction of sp³-hybridized carbons (Fsp3) is 0.200. The summed E-state index contributed by atoms with van der Waals surface area (Å²) in [7, 11) is 0. The summed E-state index contributed by atoms with van der Waals surface area (Å²) in [6.45, 7) is 4.55. The first kappa shape index (κ1) is 24.0. The van der Waals surface area contributed by atoms with Crippen molar-refractivity contribution in [3.05, 3.63) is 98.8 Å². The normalized spacial score (nSPS) is 11.7. The Morgan fingerprint density at radius 2 is 1.83 bits per heavy atom. The zero-order chi connectivity index (χ0) is 24.8. The highest BCUT2D eigenvalue weighted by Gasteiger charge is 2.24.